The molecular formula is C9H18N6O3S. The molecule has 0 aliphatic heterocycles. The number of rotatable bonds is 5. The second-order valence-electron chi connectivity index (χ2n) is 4.23. The van der Waals surface area contributed by atoms with Gasteiger partial charge in [0.25, 0.3) is 0 Å². The van der Waals surface area contributed by atoms with Crippen LogP contribution in [-0.4, -0.2) is 46.6 Å². The Hall–Kier alpha value is -1.81. The van der Waals surface area contributed by atoms with Crippen LogP contribution >= 0.6 is 0 Å². The van der Waals surface area contributed by atoms with Crippen molar-refractivity contribution in [1.82, 2.24) is 14.1 Å². The molecule has 1 aromatic rings. The molecule has 0 aromatic carbocycles. The molecule has 108 valence electrons. The summed E-state index contributed by atoms with van der Waals surface area (Å²) in [6.07, 6.45) is 1.31. The number of aryl methyl sites for hydroxylation is 1. The van der Waals surface area contributed by atoms with Crippen LogP contribution in [0.3, 0.4) is 0 Å². The van der Waals surface area contributed by atoms with Gasteiger partial charge >= 0.3 is 10.2 Å². The lowest BCUT2D eigenvalue weighted by atomic mass is 10.3. The van der Waals surface area contributed by atoms with E-state index in [2.05, 4.69) is 15.0 Å². The molecule has 0 atom stereocenters. The number of hydrogen-bond acceptors (Lipinski definition) is 5. The minimum atomic E-state index is -3.74. The fourth-order valence-corrected chi connectivity index (χ4v) is 2.46. The molecule has 1 rings (SSSR count). The number of oxime groups is 1. The zero-order valence-electron chi connectivity index (χ0n) is 11.2. The lowest BCUT2D eigenvalue weighted by Crippen LogP contribution is -2.38. The van der Waals surface area contributed by atoms with Crippen LogP contribution in [0.1, 0.15) is 19.4 Å². The molecule has 0 saturated carbocycles. The minimum absolute atomic E-state index is 0.128. The fourth-order valence-electron chi connectivity index (χ4n) is 1.27. The Morgan fingerprint density at radius 3 is 2.68 bits per heavy atom. The minimum Gasteiger partial charge on any atom is -0.409 e. The third-order valence-electron chi connectivity index (χ3n) is 2.65. The molecule has 9 nitrogen and oxygen atoms in total. The van der Waals surface area contributed by atoms with Gasteiger partial charge in [0.2, 0.25) is 0 Å². The highest BCUT2D eigenvalue weighted by Gasteiger charge is 2.24. The summed E-state index contributed by atoms with van der Waals surface area (Å²) in [6, 6.07) is -0.210. The van der Waals surface area contributed by atoms with Crippen LogP contribution in [0, 0.1) is 0 Å². The highest BCUT2D eigenvalue weighted by atomic mass is 32.2. The maximum atomic E-state index is 12.1. The van der Waals surface area contributed by atoms with Crippen molar-refractivity contribution in [2.24, 2.45) is 17.9 Å². The Bertz CT molecular complexity index is 577. The van der Waals surface area contributed by atoms with E-state index in [9.17, 15) is 8.42 Å². The average Bonchev–Trinajstić information content (AvgIpc) is 2.68. The summed E-state index contributed by atoms with van der Waals surface area (Å²) in [7, 11) is -0.745. The maximum absolute atomic E-state index is 12.1. The topological polar surface area (TPSA) is 126 Å². The van der Waals surface area contributed by atoms with Crippen molar-refractivity contribution in [3.8, 4) is 0 Å². The first kappa shape index (κ1) is 15.2. The third-order valence-corrected chi connectivity index (χ3v) is 4.29. The first-order chi connectivity index (χ1) is 8.70. The monoisotopic (exact) mass is 290 g/mol. The normalized spacial score (nSPS) is 13.3. The predicted octanol–water partition coefficient (Wildman–Crippen LogP) is -0.488. The van der Waals surface area contributed by atoms with Gasteiger partial charge in [0, 0.05) is 20.1 Å². The smallest absolute Gasteiger partial charge is 0.302 e. The maximum Gasteiger partial charge on any atom is 0.302 e. The summed E-state index contributed by atoms with van der Waals surface area (Å²) < 4.78 is 29.0. The zero-order valence-corrected chi connectivity index (χ0v) is 12.0. The molecule has 19 heavy (non-hydrogen) atoms. The molecule has 0 aliphatic rings. The largest absolute Gasteiger partial charge is 0.409 e. The van der Waals surface area contributed by atoms with E-state index in [1.807, 2.05) is 0 Å². The molecule has 0 aliphatic carbocycles. The summed E-state index contributed by atoms with van der Waals surface area (Å²) in [5.41, 5.74) is 5.66. The van der Waals surface area contributed by atoms with Gasteiger partial charge < -0.3 is 10.9 Å². The SMILES string of the molecule is CC(C)N(C)S(=O)(=O)Nc1c(C(N)=NO)cnn1C. The molecule has 1 heterocycles. The number of hydrogen-bond donors (Lipinski definition) is 3. The first-order valence-corrected chi connectivity index (χ1v) is 6.90. The van der Waals surface area contributed by atoms with Gasteiger partial charge in [0.05, 0.1) is 11.8 Å². The lowest BCUT2D eigenvalue weighted by Gasteiger charge is -2.22. The Morgan fingerprint density at radius 1 is 1.63 bits per heavy atom. The molecule has 10 heteroatoms. The molecule has 0 bridgehead atoms. The third kappa shape index (κ3) is 3.15. The first-order valence-electron chi connectivity index (χ1n) is 5.46. The second kappa shape index (κ2) is 5.45. The van der Waals surface area contributed by atoms with Gasteiger partial charge in [-0.1, -0.05) is 5.16 Å². The number of nitrogens with zero attached hydrogens (tertiary/aromatic N) is 4. The van der Waals surface area contributed by atoms with E-state index in [0.717, 1.165) is 4.31 Å². The quantitative estimate of drug-likeness (QED) is 0.292. The Labute approximate surface area is 111 Å². The molecule has 0 saturated heterocycles. The van der Waals surface area contributed by atoms with Crippen LogP contribution in [0.4, 0.5) is 5.82 Å². The van der Waals surface area contributed by atoms with Crippen molar-refractivity contribution < 1.29 is 13.6 Å². The Kier molecular flexibility index (Phi) is 4.37. The van der Waals surface area contributed by atoms with Gasteiger partial charge in [-0.15, -0.1) is 0 Å². The van der Waals surface area contributed by atoms with Crippen molar-refractivity contribution in [3.63, 3.8) is 0 Å². The van der Waals surface area contributed by atoms with E-state index >= 15 is 0 Å². The predicted molar refractivity (Wildman–Crippen MR) is 71.2 cm³/mol. The summed E-state index contributed by atoms with van der Waals surface area (Å²) in [5.74, 6) is -0.0965. The van der Waals surface area contributed by atoms with Crippen molar-refractivity contribution in [1.29, 1.82) is 0 Å². The van der Waals surface area contributed by atoms with Crippen LogP contribution in [-0.2, 0) is 17.3 Å². The van der Waals surface area contributed by atoms with E-state index in [0.29, 0.717) is 0 Å². The number of aromatic nitrogens is 2. The highest BCUT2D eigenvalue weighted by Crippen LogP contribution is 2.17. The number of nitrogens with one attached hydrogen (secondary N) is 1. The van der Waals surface area contributed by atoms with Gasteiger partial charge in [-0.05, 0) is 13.8 Å². The number of anilines is 1. The van der Waals surface area contributed by atoms with Crippen LogP contribution < -0.4 is 10.5 Å². The molecule has 4 N–H and O–H groups in total. The summed E-state index contributed by atoms with van der Waals surface area (Å²) in [4.78, 5) is 0. The van der Waals surface area contributed by atoms with Gasteiger partial charge in [-0.25, -0.2) is 0 Å². The van der Waals surface area contributed by atoms with Crippen LogP contribution in [0.2, 0.25) is 0 Å². The van der Waals surface area contributed by atoms with E-state index in [4.69, 9.17) is 10.9 Å². The average molecular weight is 290 g/mol. The highest BCUT2D eigenvalue weighted by molar-refractivity contribution is 7.90. The molecule has 0 radical (unpaired) electrons. The van der Waals surface area contributed by atoms with E-state index in [1.165, 1.54) is 17.9 Å². The van der Waals surface area contributed by atoms with Crippen LogP contribution in [0.25, 0.3) is 0 Å². The molecule has 0 unspecified atom stereocenters. The number of amidine groups is 1. The molecule has 1 aromatic heterocycles. The molecular weight excluding hydrogens is 272 g/mol. The van der Waals surface area contributed by atoms with E-state index < -0.39 is 10.2 Å². The van der Waals surface area contributed by atoms with E-state index in [1.54, 1.807) is 20.9 Å². The van der Waals surface area contributed by atoms with Crippen LogP contribution in [0.15, 0.2) is 11.4 Å². The fraction of sp³-hybridized carbons (Fsp3) is 0.556. The summed E-state index contributed by atoms with van der Waals surface area (Å²) in [6.45, 7) is 3.49. The van der Waals surface area contributed by atoms with Gasteiger partial charge in [0.1, 0.15) is 5.82 Å². The van der Waals surface area contributed by atoms with Crippen molar-refractivity contribution in [2.45, 2.75) is 19.9 Å². The molecule has 0 spiro atoms. The number of nitrogens with two attached hydrogens (primary N) is 1. The summed E-state index contributed by atoms with van der Waals surface area (Å²) in [5, 5.41) is 15.4. The summed E-state index contributed by atoms with van der Waals surface area (Å²) >= 11 is 0. The standard InChI is InChI=1S/C9H18N6O3S/c1-6(2)15(4)19(17,18)13-9-7(8(10)12-16)5-11-14(9)3/h5-6,13,16H,1-4H3,(H2,10,12). The van der Waals surface area contributed by atoms with Crippen molar-refractivity contribution >= 4 is 21.9 Å². The van der Waals surface area contributed by atoms with E-state index in [-0.39, 0.29) is 23.3 Å². The van der Waals surface area contributed by atoms with Crippen LogP contribution in [0.5, 0.6) is 0 Å². The Balaban J connectivity index is 3.17. The van der Waals surface area contributed by atoms with Crippen molar-refractivity contribution in [3.05, 3.63) is 11.8 Å². The van der Waals surface area contributed by atoms with Gasteiger partial charge in [0.15, 0.2) is 5.84 Å². The molecule has 0 fully saturated rings. The second-order valence-corrected chi connectivity index (χ2v) is 5.96. The zero-order chi connectivity index (χ0) is 14.8. The lowest BCUT2D eigenvalue weighted by molar-refractivity contribution is 0.318. The Morgan fingerprint density at radius 2 is 2.21 bits per heavy atom. The van der Waals surface area contributed by atoms with Crippen molar-refractivity contribution in [2.75, 3.05) is 11.8 Å². The molecule has 0 amide bonds. The van der Waals surface area contributed by atoms with Gasteiger partial charge in [-0.2, -0.15) is 17.8 Å². The van der Waals surface area contributed by atoms with Gasteiger partial charge in [-0.3, -0.25) is 9.40 Å².